The Morgan fingerprint density at radius 1 is 1.20 bits per heavy atom. The van der Waals surface area contributed by atoms with E-state index in [1.165, 1.54) is 18.0 Å². The Kier molecular flexibility index (Phi) is 5.57. The van der Waals surface area contributed by atoms with Crippen LogP contribution in [0.5, 0.6) is 0 Å². The van der Waals surface area contributed by atoms with Crippen molar-refractivity contribution in [1.29, 1.82) is 5.26 Å². The van der Waals surface area contributed by atoms with Gasteiger partial charge in [0.1, 0.15) is 6.07 Å². The predicted octanol–water partition coefficient (Wildman–Crippen LogP) is 2.24. The van der Waals surface area contributed by atoms with E-state index in [4.69, 9.17) is 5.26 Å². The van der Waals surface area contributed by atoms with Gasteiger partial charge in [0.25, 0.3) is 0 Å². The minimum atomic E-state index is 0.0349. The number of hydrogen-bond donors (Lipinski definition) is 1. The first kappa shape index (κ1) is 16.9. The Hall–Kier alpha value is -2.94. The third-order valence-corrected chi connectivity index (χ3v) is 4.55. The smallest absolute Gasteiger partial charge is 0.241 e. The molecule has 1 fully saturated rings. The monoisotopic (exact) mass is 335 g/mol. The molecule has 0 saturated carbocycles. The maximum absolute atomic E-state index is 12.4. The first-order valence-corrected chi connectivity index (χ1v) is 8.53. The van der Waals surface area contributed by atoms with Crippen LogP contribution in [-0.4, -0.2) is 40.4 Å². The summed E-state index contributed by atoms with van der Waals surface area (Å²) in [7, 11) is 0. The first-order chi connectivity index (χ1) is 12.3. The van der Waals surface area contributed by atoms with Crippen LogP contribution in [0.25, 0.3) is 0 Å². The molecule has 6 nitrogen and oxygen atoms in total. The Morgan fingerprint density at radius 3 is 2.64 bits per heavy atom. The highest BCUT2D eigenvalue weighted by molar-refractivity contribution is 5.81. The summed E-state index contributed by atoms with van der Waals surface area (Å²) < 4.78 is 0. The topological polar surface area (TPSA) is 81.9 Å². The van der Waals surface area contributed by atoms with Crippen molar-refractivity contribution < 1.29 is 4.79 Å². The van der Waals surface area contributed by atoms with Crippen LogP contribution >= 0.6 is 0 Å². The Bertz CT molecular complexity index is 748. The van der Waals surface area contributed by atoms with Gasteiger partial charge in [0.05, 0.1) is 6.54 Å². The molecular formula is C19H21N5O. The highest BCUT2D eigenvalue weighted by Crippen LogP contribution is 2.21. The van der Waals surface area contributed by atoms with Crippen LogP contribution < -0.4 is 5.32 Å². The normalized spacial score (nSPS) is 14.8. The molecule has 1 saturated heterocycles. The van der Waals surface area contributed by atoms with E-state index in [2.05, 4.69) is 39.6 Å². The zero-order valence-corrected chi connectivity index (χ0v) is 14.1. The molecule has 0 spiro atoms. The Morgan fingerprint density at radius 2 is 1.92 bits per heavy atom. The summed E-state index contributed by atoms with van der Waals surface area (Å²) in [5.74, 6) is 1.02. The summed E-state index contributed by atoms with van der Waals surface area (Å²) in [5.41, 5.74) is 1.57. The summed E-state index contributed by atoms with van der Waals surface area (Å²) in [6, 6.07) is 12.5. The van der Waals surface area contributed by atoms with E-state index in [9.17, 15) is 4.79 Å². The molecule has 1 aromatic carbocycles. The number of nitrogens with one attached hydrogen (secondary N) is 1. The summed E-state index contributed by atoms with van der Waals surface area (Å²) in [6.45, 7) is 1.70. The quantitative estimate of drug-likeness (QED) is 0.906. The molecule has 1 amide bonds. The maximum atomic E-state index is 12.4. The highest BCUT2D eigenvalue weighted by atomic mass is 16.2. The van der Waals surface area contributed by atoms with Gasteiger partial charge in [0, 0.05) is 25.5 Å². The third-order valence-electron chi connectivity index (χ3n) is 4.55. The van der Waals surface area contributed by atoms with E-state index < -0.39 is 0 Å². The molecule has 1 aromatic heterocycles. The van der Waals surface area contributed by atoms with Gasteiger partial charge in [-0.15, -0.1) is 0 Å². The fourth-order valence-corrected chi connectivity index (χ4v) is 3.15. The lowest BCUT2D eigenvalue weighted by Gasteiger charge is -2.32. The van der Waals surface area contributed by atoms with Crippen LogP contribution in [0.2, 0.25) is 0 Å². The van der Waals surface area contributed by atoms with Crippen molar-refractivity contribution in [1.82, 2.24) is 14.9 Å². The number of benzene rings is 1. The molecule has 0 bridgehead atoms. The third kappa shape index (κ3) is 4.54. The molecule has 0 unspecified atom stereocenters. The second-order valence-electron chi connectivity index (χ2n) is 6.23. The van der Waals surface area contributed by atoms with E-state index in [0.717, 1.165) is 32.4 Å². The lowest BCUT2D eigenvalue weighted by molar-refractivity contribution is -0.130. The van der Waals surface area contributed by atoms with Crippen LogP contribution in [0, 0.1) is 17.2 Å². The molecule has 1 aliphatic heterocycles. The maximum Gasteiger partial charge on any atom is 0.241 e. The van der Waals surface area contributed by atoms with Crippen molar-refractivity contribution in [3.05, 3.63) is 54.0 Å². The van der Waals surface area contributed by atoms with Crippen LogP contribution in [-0.2, 0) is 11.2 Å². The summed E-state index contributed by atoms with van der Waals surface area (Å²) in [5, 5.41) is 11.9. The minimum Gasteiger partial charge on any atom is -0.359 e. The molecule has 2 heterocycles. The summed E-state index contributed by atoms with van der Waals surface area (Å²) >= 11 is 0. The Balaban J connectivity index is 1.46. The molecule has 3 rings (SSSR count). The molecule has 1 aliphatic rings. The summed E-state index contributed by atoms with van der Waals surface area (Å²) in [6.07, 6.45) is 6.09. The van der Waals surface area contributed by atoms with Crippen LogP contribution in [0.4, 0.5) is 5.82 Å². The molecule has 0 atom stereocenters. The summed E-state index contributed by atoms with van der Waals surface area (Å²) in [4.78, 5) is 22.2. The van der Waals surface area contributed by atoms with Crippen molar-refractivity contribution in [2.45, 2.75) is 19.3 Å². The minimum absolute atomic E-state index is 0.0349. The van der Waals surface area contributed by atoms with Gasteiger partial charge < -0.3 is 10.2 Å². The van der Waals surface area contributed by atoms with Crippen molar-refractivity contribution >= 4 is 11.7 Å². The average Bonchev–Trinajstić information content (AvgIpc) is 2.67. The highest BCUT2D eigenvalue weighted by Gasteiger charge is 2.23. The van der Waals surface area contributed by atoms with Crippen molar-refractivity contribution in [2.75, 3.05) is 25.0 Å². The molecular weight excluding hydrogens is 314 g/mol. The zero-order chi connectivity index (χ0) is 17.5. The van der Waals surface area contributed by atoms with Crippen LogP contribution in [0.15, 0.2) is 42.7 Å². The van der Waals surface area contributed by atoms with Crippen molar-refractivity contribution in [3.8, 4) is 6.07 Å². The van der Waals surface area contributed by atoms with Gasteiger partial charge in [-0.1, -0.05) is 30.3 Å². The van der Waals surface area contributed by atoms with Crippen LogP contribution in [0.3, 0.4) is 0 Å². The van der Waals surface area contributed by atoms with Gasteiger partial charge in [0.15, 0.2) is 11.5 Å². The van der Waals surface area contributed by atoms with Gasteiger partial charge in [-0.25, -0.2) is 9.97 Å². The van der Waals surface area contributed by atoms with Gasteiger partial charge in [-0.2, -0.15) is 5.26 Å². The number of nitrogens with zero attached hydrogens (tertiary/aromatic N) is 4. The zero-order valence-electron chi connectivity index (χ0n) is 14.1. The lowest BCUT2D eigenvalue weighted by atomic mass is 9.90. The number of amides is 1. The number of carbonyl (C=O) groups is 1. The number of aromatic nitrogens is 2. The molecule has 25 heavy (non-hydrogen) atoms. The van der Waals surface area contributed by atoms with Gasteiger partial charge in [-0.05, 0) is 30.7 Å². The molecule has 128 valence electrons. The number of nitriles is 1. The fraction of sp³-hybridized carbons (Fsp3) is 0.368. The predicted molar refractivity (Wildman–Crippen MR) is 94.7 cm³/mol. The van der Waals surface area contributed by atoms with E-state index in [0.29, 0.717) is 11.7 Å². The lowest BCUT2D eigenvalue weighted by Crippen LogP contribution is -2.41. The van der Waals surface area contributed by atoms with Gasteiger partial charge in [0.2, 0.25) is 5.91 Å². The Labute approximate surface area is 147 Å². The second kappa shape index (κ2) is 8.25. The van der Waals surface area contributed by atoms with E-state index in [1.807, 2.05) is 17.0 Å². The number of hydrogen-bond acceptors (Lipinski definition) is 5. The fourth-order valence-electron chi connectivity index (χ4n) is 3.15. The number of rotatable bonds is 5. The van der Waals surface area contributed by atoms with Crippen molar-refractivity contribution in [2.24, 2.45) is 5.92 Å². The van der Waals surface area contributed by atoms with Crippen LogP contribution in [0.1, 0.15) is 24.1 Å². The molecule has 1 N–H and O–H groups in total. The molecule has 6 heteroatoms. The van der Waals surface area contributed by atoms with E-state index >= 15 is 0 Å². The van der Waals surface area contributed by atoms with E-state index in [1.54, 1.807) is 0 Å². The molecule has 0 radical (unpaired) electrons. The molecule has 2 aromatic rings. The SMILES string of the molecule is N#Cc1nccnc1NCC(=O)N1CCC(Cc2ccccc2)CC1. The average molecular weight is 335 g/mol. The van der Waals surface area contributed by atoms with E-state index in [-0.39, 0.29) is 18.1 Å². The number of carbonyl (C=O) groups excluding carboxylic acids is 1. The second-order valence-corrected chi connectivity index (χ2v) is 6.23. The first-order valence-electron chi connectivity index (χ1n) is 8.53. The van der Waals surface area contributed by atoms with Crippen molar-refractivity contribution in [3.63, 3.8) is 0 Å². The van der Waals surface area contributed by atoms with Gasteiger partial charge in [-0.3, -0.25) is 4.79 Å². The number of likely N-dealkylation sites (tertiary alicyclic amines) is 1. The van der Waals surface area contributed by atoms with Gasteiger partial charge >= 0.3 is 0 Å². The standard InChI is InChI=1S/C19H21N5O/c20-13-17-19(22-9-8-21-17)23-14-18(25)24-10-6-16(7-11-24)12-15-4-2-1-3-5-15/h1-5,8-9,16H,6-7,10-12,14H2,(H,22,23). The number of anilines is 1. The largest absolute Gasteiger partial charge is 0.359 e. The molecule has 0 aliphatic carbocycles. The number of piperidine rings is 1.